The van der Waals surface area contributed by atoms with Gasteiger partial charge >= 0.3 is 0 Å². The number of rotatable bonds is 7. The molecule has 1 aromatic heterocycles. The molecule has 2 aromatic rings. The highest BCUT2D eigenvalue weighted by molar-refractivity contribution is 6.42. The number of halogens is 3. The Kier molecular flexibility index (Phi) is 6.81. The number of H-pyrrole nitrogens is 1. The van der Waals surface area contributed by atoms with E-state index in [4.69, 9.17) is 33.0 Å². The van der Waals surface area contributed by atoms with Gasteiger partial charge < -0.3 is 14.8 Å². The van der Waals surface area contributed by atoms with Gasteiger partial charge in [0.25, 0.3) is 5.56 Å². The van der Waals surface area contributed by atoms with Crippen LogP contribution in [-0.2, 0) is 12.1 Å². The molecular weight excluding hydrogens is 382 g/mol. The molecule has 0 spiro atoms. The van der Waals surface area contributed by atoms with E-state index in [1.54, 1.807) is 19.9 Å². The zero-order valence-corrected chi connectivity index (χ0v) is 15.9. The number of alkyl halides is 1. The molecule has 2 rings (SSSR count). The van der Waals surface area contributed by atoms with Crippen molar-refractivity contribution in [3.63, 3.8) is 0 Å². The molecular formula is C18H19Cl2FN2O3. The van der Waals surface area contributed by atoms with E-state index in [2.05, 4.69) is 9.97 Å². The van der Waals surface area contributed by atoms with Gasteiger partial charge in [-0.15, -0.1) is 0 Å². The number of nitrogens with one attached hydrogen (secondary N) is 1. The molecule has 0 aliphatic rings. The molecule has 0 saturated heterocycles. The van der Waals surface area contributed by atoms with Crippen LogP contribution in [0.2, 0.25) is 10.0 Å². The Hall–Kier alpha value is -1.89. The van der Waals surface area contributed by atoms with Crippen LogP contribution in [0.15, 0.2) is 35.1 Å². The van der Waals surface area contributed by atoms with Crippen LogP contribution in [0.5, 0.6) is 11.5 Å². The van der Waals surface area contributed by atoms with Crippen molar-refractivity contribution in [3.05, 3.63) is 62.3 Å². The third-order valence-corrected chi connectivity index (χ3v) is 4.46. The molecule has 1 aromatic carbocycles. The lowest BCUT2D eigenvalue weighted by atomic mass is 9.96. The summed E-state index contributed by atoms with van der Waals surface area (Å²) in [5.41, 5.74) is -2.81. The van der Waals surface area contributed by atoms with E-state index in [1.165, 1.54) is 24.3 Å². The number of hydrogen-bond donors (Lipinski definition) is 2. The van der Waals surface area contributed by atoms with E-state index in [0.717, 1.165) is 0 Å². The van der Waals surface area contributed by atoms with Crippen molar-refractivity contribution in [2.24, 2.45) is 0 Å². The minimum absolute atomic E-state index is 0.0457. The molecule has 8 heteroatoms. The zero-order chi connectivity index (χ0) is 19.3. The summed E-state index contributed by atoms with van der Waals surface area (Å²) in [5, 5.41) is 9.66. The number of allylic oxidation sites excluding steroid dienone is 2. The Morgan fingerprint density at radius 1 is 1.38 bits per heavy atom. The summed E-state index contributed by atoms with van der Waals surface area (Å²) in [6, 6.07) is 4.45. The average Bonchev–Trinajstić information content (AvgIpc) is 2.60. The first-order chi connectivity index (χ1) is 12.3. The van der Waals surface area contributed by atoms with Crippen molar-refractivity contribution in [1.29, 1.82) is 0 Å². The zero-order valence-electron chi connectivity index (χ0n) is 14.4. The molecule has 0 saturated carbocycles. The topological polar surface area (TPSA) is 75.2 Å². The molecule has 0 bridgehead atoms. The van der Waals surface area contributed by atoms with Gasteiger partial charge in [0, 0.05) is 12.5 Å². The second-order valence-corrected chi connectivity index (χ2v) is 6.37. The van der Waals surface area contributed by atoms with Gasteiger partial charge in [0.15, 0.2) is 5.67 Å². The summed E-state index contributed by atoms with van der Waals surface area (Å²) in [7, 11) is 0. The number of nitrogens with zero attached hydrogens (tertiary/aromatic N) is 1. The maximum atomic E-state index is 15.5. The monoisotopic (exact) mass is 400 g/mol. The van der Waals surface area contributed by atoms with Crippen molar-refractivity contribution in [2.75, 3.05) is 6.61 Å². The van der Waals surface area contributed by atoms with Gasteiger partial charge in [-0.3, -0.25) is 4.79 Å². The maximum absolute atomic E-state index is 15.5. The Labute approximate surface area is 160 Å². The van der Waals surface area contributed by atoms with Crippen LogP contribution in [0.25, 0.3) is 0 Å². The second kappa shape index (κ2) is 8.66. The summed E-state index contributed by atoms with van der Waals surface area (Å²) in [6.07, 6.45) is 3.00. The molecule has 5 nitrogen and oxygen atoms in total. The summed E-state index contributed by atoms with van der Waals surface area (Å²) < 4.78 is 21.1. The molecule has 1 heterocycles. The smallest absolute Gasteiger partial charge is 0.294 e. The fourth-order valence-corrected chi connectivity index (χ4v) is 2.68. The van der Waals surface area contributed by atoms with Crippen molar-refractivity contribution >= 4 is 23.2 Å². The van der Waals surface area contributed by atoms with Gasteiger partial charge in [-0.1, -0.05) is 36.2 Å². The number of aliphatic hydroxyl groups excluding tert-OH is 1. The first kappa shape index (κ1) is 20.4. The van der Waals surface area contributed by atoms with Crippen LogP contribution in [0, 0.1) is 0 Å². The van der Waals surface area contributed by atoms with E-state index in [-0.39, 0.29) is 47.5 Å². The molecule has 1 atom stereocenters. The van der Waals surface area contributed by atoms with Gasteiger partial charge in [-0.25, -0.2) is 9.37 Å². The molecule has 0 radical (unpaired) electrons. The Morgan fingerprint density at radius 2 is 2.12 bits per heavy atom. The number of aromatic nitrogens is 2. The number of aliphatic hydroxyl groups is 1. The van der Waals surface area contributed by atoms with Crippen LogP contribution in [0.4, 0.5) is 4.39 Å². The predicted molar refractivity (Wildman–Crippen MR) is 100 cm³/mol. The average molecular weight is 401 g/mol. The minimum atomic E-state index is -2.00. The third-order valence-electron chi connectivity index (χ3n) is 3.72. The Morgan fingerprint density at radius 3 is 2.69 bits per heavy atom. The van der Waals surface area contributed by atoms with Gasteiger partial charge in [-0.2, -0.15) is 0 Å². The minimum Gasteiger partial charge on any atom is -0.449 e. The van der Waals surface area contributed by atoms with E-state index >= 15 is 4.39 Å². The van der Waals surface area contributed by atoms with Crippen molar-refractivity contribution in [2.45, 2.75) is 32.4 Å². The number of aromatic amines is 1. The van der Waals surface area contributed by atoms with Crippen LogP contribution in [0.1, 0.15) is 31.8 Å². The quantitative estimate of drug-likeness (QED) is 0.668. The normalized spacial score (nSPS) is 13.8. The number of hydrogen-bond acceptors (Lipinski definition) is 4. The van der Waals surface area contributed by atoms with Gasteiger partial charge in [0.05, 0.1) is 16.7 Å². The molecule has 0 fully saturated rings. The Balaban J connectivity index is 2.62. The summed E-state index contributed by atoms with van der Waals surface area (Å²) >= 11 is 11.8. The molecule has 26 heavy (non-hydrogen) atoms. The van der Waals surface area contributed by atoms with Crippen LogP contribution < -0.4 is 10.3 Å². The third kappa shape index (κ3) is 4.44. The molecule has 1 unspecified atom stereocenters. The van der Waals surface area contributed by atoms with Crippen LogP contribution in [-0.4, -0.2) is 21.7 Å². The van der Waals surface area contributed by atoms with Crippen molar-refractivity contribution in [1.82, 2.24) is 9.97 Å². The van der Waals surface area contributed by atoms with E-state index in [1.807, 2.05) is 0 Å². The highest BCUT2D eigenvalue weighted by Gasteiger charge is 2.34. The van der Waals surface area contributed by atoms with Crippen LogP contribution in [0.3, 0.4) is 0 Å². The lowest BCUT2D eigenvalue weighted by molar-refractivity contribution is 0.210. The van der Waals surface area contributed by atoms with E-state index in [0.29, 0.717) is 5.02 Å². The number of ether oxygens (including phenoxy) is 1. The molecule has 140 valence electrons. The predicted octanol–water partition coefficient (Wildman–Crippen LogP) is 4.55. The molecule has 0 amide bonds. The standard InChI is InChI=1S/C18H19Cl2FN2O3/c1-3-8-18(21,4-2)16-15(17(25)23-14(22-16)7-9-24)26-11-5-6-12(19)13(20)10-11/h3,5-6,8,10,24H,4,7,9H2,1-2H3,(H,22,23,25). The lowest BCUT2D eigenvalue weighted by Crippen LogP contribution is -2.26. The van der Waals surface area contributed by atoms with E-state index in [9.17, 15) is 4.79 Å². The maximum Gasteiger partial charge on any atom is 0.294 e. The largest absolute Gasteiger partial charge is 0.449 e. The van der Waals surface area contributed by atoms with Gasteiger partial charge in [0.2, 0.25) is 5.75 Å². The summed E-state index contributed by atoms with van der Waals surface area (Å²) in [6.45, 7) is 3.08. The highest BCUT2D eigenvalue weighted by Crippen LogP contribution is 2.37. The Bertz CT molecular complexity index is 870. The van der Waals surface area contributed by atoms with Crippen LogP contribution >= 0.6 is 23.2 Å². The first-order valence-electron chi connectivity index (χ1n) is 8.04. The van der Waals surface area contributed by atoms with Gasteiger partial charge in [0.1, 0.15) is 17.3 Å². The molecule has 2 N–H and O–H groups in total. The van der Waals surface area contributed by atoms with Gasteiger partial charge in [-0.05, 0) is 31.6 Å². The van der Waals surface area contributed by atoms with Crippen molar-refractivity contribution < 1.29 is 14.2 Å². The molecule has 0 aliphatic heterocycles. The van der Waals surface area contributed by atoms with Crippen molar-refractivity contribution in [3.8, 4) is 11.5 Å². The first-order valence-corrected chi connectivity index (χ1v) is 8.80. The lowest BCUT2D eigenvalue weighted by Gasteiger charge is -2.22. The second-order valence-electron chi connectivity index (χ2n) is 5.56. The fourth-order valence-electron chi connectivity index (χ4n) is 2.40. The van der Waals surface area contributed by atoms with E-state index < -0.39 is 11.2 Å². The summed E-state index contributed by atoms with van der Waals surface area (Å²) in [4.78, 5) is 19.2. The fraction of sp³-hybridized carbons (Fsp3) is 0.333. The summed E-state index contributed by atoms with van der Waals surface area (Å²) in [5.74, 6) is 0.128. The highest BCUT2D eigenvalue weighted by atomic mass is 35.5. The SMILES string of the molecule is CC=CC(F)(CC)c1nc(CCO)[nH]c(=O)c1Oc1ccc(Cl)c(Cl)c1. The molecule has 0 aliphatic carbocycles. The number of benzene rings is 1.